The van der Waals surface area contributed by atoms with Crippen molar-refractivity contribution in [3.8, 4) is 0 Å². The lowest BCUT2D eigenvalue weighted by Crippen LogP contribution is -2.52. The molecular weight excluding hydrogens is 312 g/mol. The maximum atomic E-state index is 12.2. The molecule has 0 radical (unpaired) electrons. The van der Waals surface area contributed by atoms with Crippen LogP contribution in [-0.4, -0.2) is 54.3 Å². The number of piperazine rings is 1. The van der Waals surface area contributed by atoms with E-state index in [1.807, 2.05) is 11.4 Å². The second-order valence-electron chi connectivity index (χ2n) is 4.73. The van der Waals surface area contributed by atoms with Crippen molar-refractivity contribution in [3.05, 3.63) is 20.8 Å². The minimum atomic E-state index is 0.231. The number of Topliss-reactive ketones (excluding diaryl/α,β-unsaturated/α-hetero) is 1. The third-order valence-corrected chi connectivity index (χ3v) is 5.37. The van der Waals surface area contributed by atoms with Crippen LogP contribution in [0, 0.1) is 0 Å². The zero-order chi connectivity index (χ0) is 13.1. The molecule has 0 saturated carbocycles. The summed E-state index contributed by atoms with van der Waals surface area (Å²) >= 11 is 4.95. The van der Waals surface area contributed by atoms with E-state index < -0.39 is 0 Å². The molecule has 1 atom stereocenters. The number of ketones is 1. The van der Waals surface area contributed by atoms with Crippen molar-refractivity contribution in [2.45, 2.75) is 19.9 Å². The summed E-state index contributed by atoms with van der Waals surface area (Å²) in [6, 6.07) is 2.48. The molecule has 18 heavy (non-hydrogen) atoms. The molecule has 1 aromatic heterocycles. The molecule has 0 aliphatic carbocycles. The number of carbonyl (C=O) groups is 1. The maximum absolute atomic E-state index is 12.2. The van der Waals surface area contributed by atoms with E-state index in [0.29, 0.717) is 12.6 Å². The Labute approximate surface area is 121 Å². The summed E-state index contributed by atoms with van der Waals surface area (Å²) in [6.07, 6.45) is 0. The topological polar surface area (TPSA) is 23.6 Å². The first kappa shape index (κ1) is 14.2. The fraction of sp³-hybridized carbons (Fsp3) is 0.615. The molecule has 1 aromatic rings. The van der Waals surface area contributed by atoms with Gasteiger partial charge in [-0.25, -0.2) is 0 Å². The van der Waals surface area contributed by atoms with Crippen LogP contribution in [0.4, 0.5) is 0 Å². The second-order valence-corrected chi connectivity index (χ2v) is 6.50. The van der Waals surface area contributed by atoms with E-state index in [1.165, 1.54) is 11.3 Å². The minimum absolute atomic E-state index is 0.231. The van der Waals surface area contributed by atoms with Crippen LogP contribution in [0.1, 0.15) is 23.5 Å². The van der Waals surface area contributed by atoms with Crippen LogP contribution in [0.2, 0.25) is 0 Å². The highest BCUT2D eigenvalue weighted by Gasteiger charge is 2.24. The molecule has 0 spiro atoms. The van der Waals surface area contributed by atoms with E-state index in [1.54, 1.807) is 0 Å². The lowest BCUT2D eigenvalue weighted by atomic mass is 10.2. The maximum Gasteiger partial charge on any atom is 0.187 e. The average molecular weight is 331 g/mol. The highest BCUT2D eigenvalue weighted by atomic mass is 79.9. The molecule has 0 bridgehead atoms. The van der Waals surface area contributed by atoms with Crippen molar-refractivity contribution in [1.29, 1.82) is 0 Å². The molecule has 2 rings (SSSR count). The van der Waals surface area contributed by atoms with Crippen LogP contribution in [0.25, 0.3) is 0 Å². The summed E-state index contributed by atoms with van der Waals surface area (Å²) in [5, 5.41) is 1.95. The van der Waals surface area contributed by atoms with Crippen LogP contribution >= 0.6 is 27.3 Å². The van der Waals surface area contributed by atoms with Gasteiger partial charge in [-0.15, -0.1) is 11.3 Å². The molecule has 100 valence electrons. The smallest absolute Gasteiger partial charge is 0.187 e. The third kappa shape index (κ3) is 3.20. The summed E-state index contributed by atoms with van der Waals surface area (Å²) in [7, 11) is 0. The molecule has 3 nitrogen and oxygen atoms in total. The van der Waals surface area contributed by atoms with Crippen LogP contribution in [0.5, 0.6) is 0 Å². The van der Waals surface area contributed by atoms with Gasteiger partial charge in [-0.2, -0.15) is 0 Å². The lowest BCUT2D eigenvalue weighted by Gasteiger charge is -2.38. The van der Waals surface area contributed by atoms with Gasteiger partial charge >= 0.3 is 0 Å². The second kappa shape index (κ2) is 6.28. The Kier molecular flexibility index (Phi) is 4.95. The van der Waals surface area contributed by atoms with Gasteiger partial charge in [-0.1, -0.05) is 6.92 Å². The summed E-state index contributed by atoms with van der Waals surface area (Å²) in [5.41, 5.74) is 0. The fourth-order valence-corrected chi connectivity index (χ4v) is 3.98. The number of thiophene rings is 1. The number of hydrogen-bond acceptors (Lipinski definition) is 4. The Morgan fingerprint density at radius 1 is 1.56 bits per heavy atom. The normalized spacial score (nSPS) is 22.3. The van der Waals surface area contributed by atoms with Gasteiger partial charge < -0.3 is 0 Å². The van der Waals surface area contributed by atoms with E-state index in [-0.39, 0.29) is 5.78 Å². The van der Waals surface area contributed by atoms with Gasteiger partial charge in [0, 0.05) is 30.1 Å². The van der Waals surface area contributed by atoms with E-state index in [4.69, 9.17) is 0 Å². The van der Waals surface area contributed by atoms with Gasteiger partial charge in [0.05, 0.1) is 11.4 Å². The molecule has 1 aliphatic rings. The number of nitrogens with zero attached hydrogens (tertiary/aromatic N) is 2. The molecule has 2 heterocycles. The largest absolute Gasteiger partial charge is 0.298 e. The molecule has 1 unspecified atom stereocenters. The van der Waals surface area contributed by atoms with Gasteiger partial charge in [0.25, 0.3) is 0 Å². The first-order chi connectivity index (χ1) is 8.61. The number of hydrogen-bond donors (Lipinski definition) is 0. The predicted octanol–water partition coefficient (Wildman–Crippen LogP) is 2.72. The SMILES string of the molecule is CCN1CCN(CC(=O)c2sccc2Br)CC1C. The highest BCUT2D eigenvalue weighted by Crippen LogP contribution is 2.23. The van der Waals surface area contributed by atoms with Crippen molar-refractivity contribution in [2.75, 3.05) is 32.7 Å². The summed E-state index contributed by atoms with van der Waals surface area (Å²) in [6.45, 7) is 9.12. The zero-order valence-corrected chi connectivity index (χ0v) is 13.3. The van der Waals surface area contributed by atoms with Crippen molar-refractivity contribution >= 4 is 33.0 Å². The van der Waals surface area contributed by atoms with Crippen molar-refractivity contribution in [1.82, 2.24) is 9.80 Å². The van der Waals surface area contributed by atoms with Gasteiger partial charge in [0.1, 0.15) is 0 Å². The fourth-order valence-electron chi connectivity index (χ4n) is 2.45. The zero-order valence-electron chi connectivity index (χ0n) is 10.9. The molecule has 0 N–H and O–H groups in total. The Bertz CT molecular complexity index is 421. The first-order valence-corrected chi connectivity index (χ1v) is 8.01. The average Bonchev–Trinajstić information content (AvgIpc) is 2.76. The monoisotopic (exact) mass is 330 g/mol. The minimum Gasteiger partial charge on any atom is -0.298 e. The van der Waals surface area contributed by atoms with Crippen molar-refractivity contribution in [2.24, 2.45) is 0 Å². The van der Waals surface area contributed by atoms with Crippen molar-refractivity contribution < 1.29 is 4.79 Å². The predicted molar refractivity (Wildman–Crippen MR) is 79.5 cm³/mol. The van der Waals surface area contributed by atoms with E-state index in [2.05, 4.69) is 39.6 Å². The van der Waals surface area contributed by atoms with Crippen LogP contribution in [0.15, 0.2) is 15.9 Å². The number of halogens is 1. The van der Waals surface area contributed by atoms with Gasteiger partial charge in [0.2, 0.25) is 0 Å². The quantitative estimate of drug-likeness (QED) is 0.793. The Hall–Kier alpha value is -0.230. The van der Waals surface area contributed by atoms with E-state index in [0.717, 1.165) is 35.5 Å². The molecule has 1 saturated heterocycles. The molecule has 0 amide bonds. The Morgan fingerprint density at radius 2 is 2.33 bits per heavy atom. The highest BCUT2D eigenvalue weighted by molar-refractivity contribution is 9.10. The van der Waals surface area contributed by atoms with E-state index >= 15 is 0 Å². The van der Waals surface area contributed by atoms with Crippen LogP contribution < -0.4 is 0 Å². The number of carbonyl (C=O) groups excluding carboxylic acids is 1. The number of rotatable bonds is 4. The van der Waals surface area contributed by atoms with Crippen molar-refractivity contribution in [3.63, 3.8) is 0 Å². The Morgan fingerprint density at radius 3 is 2.89 bits per heavy atom. The lowest BCUT2D eigenvalue weighted by molar-refractivity contribution is 0.0725. The third-order valence-electron chi connectivity index (χ3n) is 3.49. The molecule has 1 fully saturated rings. The standard InChI is InChI=1S/C13H19BrN2OS/c1-3-16-6-5-15(8-10(16)2)9-12(17)13-11(14)4-7-18-13/h4,7,10H,3,5-6,8-9H2,1-2H3. The van der Waals surface area contributed by atoms with Gasteiger partial charge in [-0.3, -0.25) is 14.6 Å². The molecule has 5 heteroatoms. The summed E-state index contributed by atoms with van der Waals surface area (Å²) in [4.78, 5) is 17.8. The first-order valence-electron chi connectivity index (χ1n) is 6.34. The molecule has 0 aromatic carbocycles. The summed E-state index contributed by atoms with van der Waals surface area (Å²) < 4.78 is 0.928. The summed E-state index contributed by atoms with van der Waals surface area (Å²) in [5.74, 6) is 0.231. The van der Waals surface area contributed by atoms with Gasteiger partial charge in [0.15, 0.2) is 5.78 Å². The Balaban J connectivity index is 1.91. The molecule has 1 aliphatic heterocycles. The number of likely N-dealkylation sites (N-methyl/N-ethyl adjacent to an activating group) is 1. The van der Waals surface area contributed by atoms with Gasteiger partial charge in [-0.05, 0) is 40.8 Å². The van der Waals surface area contributed by atoms with Crippen LogP contribution in [-0.2, 0) is 0 Å². The molecular formula is C13H19BrN2OS. The van der Waals surface area contributed by atoms with E-state index in [9.17, 15) is 4.79 Å². The van der Waals surface area contributed by atoms with Crippen LogP contribution in [0.3, 0.4) is 0 Å².